The van der Waals surface area contributed by atoms with Gasteiger partial charge in [-0.15, -0.1) is 0 Å². The van der Waals surface area contributed by atoms with Crippen molar-refractivity contribution in [2.45, 2.75) is 19.0 Å². The van der Waals surface area contributed by atoms with E-state index in [0.29, 0.717) is 21.7 Å². The van der Waals surface area contributed by atoms with Crippen molar-refractivity contribution < 1.29 is 0 Å². The van der Waals surface area contributed by atoms with Gasteiger partial charge in [0.25, 0.3) is 0 Å². The third-order valence-electron chi connectivity index (χ3n) is 3.84. The number of benzene rings is 1. The van der Waals surface area contributed by atoms with E-state index in [1.54, 1.807) is 12.3 Å². The third kappa shape index (κ3) is 3.79. The summed E-state index contributed by atoms with van der Waals surface area (Å²) in [6, 6.07) is 10.8. The number of halogens is 2. The molecule has 2 heterocycles. The standard InChI is InChI=1S/C19H16Cl2N4/c1-12(22)19-24-17(8-3-14-9-10-23-18(21)11-14)13(2)25(19)16-6-4-15(20)5-7-16/h4-7,9-11,13,17H,1,22H2,2H3. The van der Waals surface area contributed by atoms with Crippen LogP contribution in [0.1, 0.15) is 12.5 Å². The zero-order valence-electron chi connectivity index (χ0n) is 13.6. The first-order valence-corrected chi connectivity index (χ1v) is 8.42. The Labute approximate surface area is 157 Å². The first kappa shape index (κ1) is 17.3. The summed E-state index contributed by atoms with van der Waals surface area (Å²) in [5, 5.41) is 1.08. The lowest BCUT2D eigenvalue weighted by Crippen LogP contribution is -2.39. The largest absolute Gasteiger partial charge is 0.396 e. The van der Waals surface area contributed by atoms with Gasteiger partial charge in [-0.1, -0.05) is 41.6 Å². The number of hydrogen-bond acceptors (Lipinski definition) is 4. The van der Waals surface area contributed by atoms with E-state index in [4.69, 9.17) is 28.9 Å². The van der Waals surface area contributed by atoms with E-state index in [-0.39, 0.29) is 12.1 Å². The zero-order valence-corrected chi connectivity index (χ0v) is 15.1. The van der Waals surface area contributed by atoms with Crippen molar-refractivity contribution >= 4 is 34.7 Å². The molecule has 0 saturated carbocycles. The number of amidine groups is 1. The SMILES string of the molecule is C=C(N)C1=NC(C#Cc2ccnc(Cl)c2)C(C)N1c1ccc(Cl)cc1. The molecule has 0 radical (unpaired) electrons. The normalized spacial score (nSPS) is 19.2. The number of hydrogen-bond donors (Lipinski definition) is 1. The van der Waals surface area contributed by atoms with E-state index in [1.807, 2.05) is 42.2 Å². The van der Waals surface area contributed by atoms with Crippen LogP contribution in [0.25, 0.3) is 0 Å². The van der Waals surface area contributed by atoms with Gasteiger partial charge >= 0.3 is 0 Å². The Morgan fingerprint density at radius 3 is 2.60 bits per heavy atom. The molecule has 6 heteroatoms. The lowest BCUT2D eigenvalue weighted by atomic mass is 10.1. The molecule has 0 saturated heterocycles. The van der Waals surface area contributed by atoms with Gasteiger partial charge in [-0.2, -0.15) is 0 Å². The second kappa shape index (κ2) is 7.18. The molecule has 0 fully saturated rings. The Balaban J connectivity index is 1.92. The fraction of sp³-hybridized carbons (Fsp3) is 0.158. The Bertz CT molecular complexity index is 894. The quantitative estimate of drug-likeness (QED) is 0.644. The summed E-state index contributed by atoms with van der Waals surface area (Å²) in [6.45, 7) is 5.88. The lowest BCUT2D eigenvalue weighted by molar-refractivity contribution is 0.703. The summed E-state index contributed by atoms with van der Waals surface area (Å²) in [4.78, 5) is 10.6. The van der Waals surface area contributed by atoms with Crippen LogP contribution < -0.4 is 10.6 Å². The molecule has 3 rings (SSSR count). The van der Waals surface area contributed by atoms with Crippen molar-refractivity contribution in [3.8, 4) is 11.8 Å². The number of anilines is 1. The van der Waals surface area contributed by atoms with E-state index >= 15 is 0 Å². The van der Waals surface area contributed by atoms with E-state index in [0.717, 1.165) is 11.3 Å². The highest BCUT2D eigenvalue weighted by Gasteiger charge is 2.33. The molecule has 1 aliphatic heterocycles. The summed E-state index contributed by atoms with van der Waals surface area (Å²) in [6.07, 6.45) is 1.63. The van der Waals surface area contributed by atoms with Gasteiger partial charge in [-0.05, 0) is 43.3 Å². The smallest absolute Gasteiger partial charge is 0.152 e. The van der Waals surface area contributed by atoms with E-state index in [2.05, 4.69) is 28.4 Å². The van der Waals surface area contributed by atoms with Gasteiger partial charge in [0.1, 0.15) is 11.2 Å². The lowest BCUT2D eigenvalue weighted by Gasteiger charge is -2.26. The van der Waals surface area contributed by atoms with Crippen molar-refractivity contribution in [3.63, 3.8) is 0 Å². The van der Waals surface area contributed by atoms with Gasteiger partial charge in [-0.25, -0.2) is 9.98 Å². The number of nitrogens with zero attached hydrogens (tertiary/aromatic N) is 3. The van der Waals surface area contributed by atoms with E-state index < -0.39 is 0 Å². The Morgan fingerprint density at radius 1 is 1.24 bits per heavy atom. The predicted octanol–water partition coefficient (Wildman–Crippen LogP) is 3.89. The topological polar surface area (TPSA) is 54.5 Å². The number of rotatable bonds is 2. The molecule has 0 spiro atoms. The molecule has 1 aromatic carbocycles. The highest BCUT2D eigenvalue weighted by Crippen LogP contribution is 2.28. The maximum Gasteiger partial charge on any atom is 0.152 e. The fourth-order valence-electron chi connectivity index (χ4n) is 2.62. The van der Waals surface area contributed by atoms with Gasteiger partial charge in [0.05, 0.1) is 11.7 Å². The van der Waals surface area contributed by atoms with Crippen LogP contribution in [0.2, 0.25) is 10.2 Å². The average molecular weight is 371 g/mol. The van der Waals surface area contributed by atoms with Gasteiger partial charge in [0, 0.05) is 22.5 Å². The highest BCUT2D eigenvalue weighted by molar-refractivity contribution is 6.30. The Morgan fingerprint density at radius 2 is 1.96 bits per heavy atom. The van der Waals surface area contributed by atoms with Gasteiger partial charge in [0.2, 0.25) is 0 Å². The van der Waals surface area contributed by atoms with Crippen LogP contribution in [0.3, 0.4) is 0 Å². The highest BCUT2D eigenvalue weighted by atomic mass is 35.5. The van der Waals surface area contributed by atoms with E-state index in [1.165, 1.54) is 0 Å². The molecule has 1 aromatic heterocycles. The molecule has 4 nitrogen and oxygen atoms in total. The van der Waals surface area contributed by atoms with Crippen molar-refractivity contribution in [2.75, 3.05) is 4.90 Å². The van der Waals surface area contributed by atoms with Crippen LogP contribution in [0.5, 0.6) is 0 Å². The summed E-state index contributed by atoms with van der Waals surface area (Å²) in [5.74, 6) is 6.91. The first-order valence-electron chi connectivity index (χ1n) is 7.66. The maximum atomic E-state index is 5.98. The predicted molar refractivity (Wildman–Crippen MR) is 104 cm³/mol. The summed E-state index contributed by atoms with van der Waals surface area (Å²) in [5.41, 5.74) is 8.08. The molecule has 0 amide bonds. The zero-order chi connectivity index (χ0) is 18.0. The Hall–Kier alpha value is -2.48. The van der Waals surface area contributed by atoms with Crippen LogP contribution in [-0.4, -0.2) is 22.9 Å². The van der Waals surface area contributed by atoms with Crippen molar-refractivity contribution in [2.24, 2.45) is 10.7 Å². The number of aliphatic imine (C=N–C) groups is 1. The van der Waals surface area contributed by atoms with Gasteiger partial charge in [-0.3, -0.25) is 0 Å². The van der Waals surface area contributed by atoms with Crippen molar-refractivity contribution in [1.29, 1.82) is 0 Å². The van der Waals surface area contributed by atoms with Crippen LogP contribution in [0, 0.1) is 11.8 Å². The van der Waals surface area contributed by atoms with Crippen molar-refractivity contribution in [3.05, 3.63) is 70.6 Å². The van der Waals surface area contributed by atoms with Crippen LogP contribution in [-0.2, 0) is 0 Å². The number of nitrogens with two attached hydrogens (primary N) is 1. The molecule has 0 aliphatic carbocycles. The minimum atomic E-state index is -0.238. The maximum absolute atomic E-state index is 5.98. The first-order chi connectivity index (χ1) is 12.0. The van der Waals surface area contributed by atoms with E-state index in [9.17, 15) is 0 Å². The molecule has 1 aliphatic rings. The van der Waals surface area contributed by atoms with Crippen LogP contribution in [0.4, 0.5) is 5.69 Å². The molecule has 2 aromatic rings. The minimum absolute atomic E-state index is 0.00119. The third-order valence-corrected chi connectivity index (χ3v) is 4.30. The molecule has 2 N–H and O–H groups in total. The van der Waals surface area contributed by atoms with Crippen LogP contribution in [0.15, 0.2) is 59.9 Å². The fourth-order valence-corrected chi connectivity index (χ4v) is 2.92. The van der Waals surface area contributed by atoms with Gasteiger partial charge < -0.3 is 10.6 Å². The molecule has 126 valence electrons. The summed E-state index contributed by atoms with van der Waals surface area (Å²) in [7, 11) is 0. The number of aromatic nitrogens is 1. The molecule has 25 heavy (non-hydrogen) atoms. The minimum Gasteiger partial charge on any atom is -0.396 e. The summed E-state index contributed by atoms with van der Waals surface area (Å²) < 4.78 is 0. The van der Waals surface area contributed by atoms with Crippen molar-refractivity contribution in [1.82, 2.24) is 4.98 Å². The van der Waals surface area contributed by atoms with Gasteiger partial charge in [0.15, 0.2) is 5.84 Å². The molecular weight excluding hydrogens is 355 g/mol. The van der Waals surface area contributed by atoms with Crippen LogP contribution >= 0.6 is 23.2 Å². The molecular formula is C19H16Cl2N4. The molecule has 0 bridgehead atoms. The summed E-state index contributed by atoms with van der Waals surface area (Å²) >= 11 is 11.9. The Kier molecular flexibility index (Phi) is 4.98. The monoisotopic (exact) mass is 370 g/mol. The average Bonchev–Trinajstić information content (AvgIpc) is 2.91. The second-order valence-corrected chi connectivity index (χ2v) is 6.47. The molecule has 2 unspecified atom stereocenters. The second-order valence-electron chi connectivity index (χ2n) is 5.65. The molecule has 2 atom stereocenters. The number of pyridine rings is 1.